The maximum atomic E-state index is 12.2. The Morgan fingerprint density at radius 2 is 1.84 bits per heavy atom. The van der Waals surface area contributed by atoms with Gasteiger partial charge in [0.05, 0.1) is 5.69 Å². The summed E-state index contributed by atoms with van der Waals surface area (Å²) in [5, 5.41) is 9.75. The predicted octanol–water partition coefficient (Wildman–Crippen LogP) is 2.81. The number of aromatic nitrogens is 1. The highest BCUT2D eigenvalue weighted by Gasteiger charge is 2.23. The van der Waals surface area contributed by atoms with Gasteiger partial charge >= 0.3 is 6.09 Å². The van der Waals surface area contributed by atoms with Crippen molar-refractivity contribution in [3.8, 4) is 5.75 Å². The largest absolute Gasteiger partial charge is 0.506 e. The summed E-state index contributed by atoms with van der Waals surface area (Å²) in [5.74, 6) is 1.07. The van der Waals surface area contributed by atoms with Crippen LogP contribution in [0.3, 0.4) is 0 Å². The number of pyridine rings is 1. The van der Waals surface area contributed by atoms with E-state index in [-0.39, 0.29) is 11.8 Å². The smallest absolute Gasteiger partial charge is 0.410 e. The van der Waals surface area contributed by atoms with Crippen LogP contribution in [0.25, 0.3) is 0 Å². The fraction of sp³-hybridized carbons (Fsp3) is 0.368. The summed E-state index contributed by atoms with van der Waals surface area (Å²) in [6.07, 6.45) is 0.405. The molecule has 1 N–H and O–H groups in total. The number of hydrogen-bond donors (Lipinski definition) is 1. The van der Waals surface area contributed by atoms with Crippen molar-refractivity contribution in [3.05, 3.63) is 53.7 Å². The molecule has 1 saturated heterocycles. The zero-order valence-electron chi connectivity index (χ0n) is 14.4. The molecule has 1 aromatic carbocycles. The molecule has 25 heavy (non-hydrogen) atoms. The molecule has 0 bridgehead atoms. The third-order valence-corrected chi connectivity index (χ3v) is 4.34. The van der Waals surface area contributed by atoms with Gasteiger partial charge in [0.15, 0.2) is 0 Å². The maximum absolute atomic E-state index is 12.2. The molecule has 6 nitrogen and oxygen atoms in total. The van der Waals surface area contributed by atoms with E-state index < -0.39 is 0 Å². The first-order valence-electron chi connectivity index (χ1n) is 8.57. The second-order valence-electron chi connectivity index (χ2n) is 6.00. The lowest BCUT2D eigenvalue weighted by atomic mass is 10.2. The molecule has 6 heteroatoms. The Labute approximate surface area is 147 Å². The molecule has 1 fully saturated rings. The van der Waals surface area contributed by atoms with E-state index in [9.17, 15) is 9.90 Å². The van der Waals surface area contributed by atoms with Crippen LogP contribution >= 0.6 is 0 Å². The summed E-state index contributed by atoms with van der Waals surface area (Å²) in [6, 6.07) is 13.2. The van der Waals surface area contributed by atoms with Crippen molar-refractivity contribution in [2.75, 3.05) is 31.1 Å². The van der Waals surface area contributed by atoms with Crippen molar-refractivity contribution in [3.63, 3.8) is 0 Å². The van der Waals surface area contributed by atoms with E-state index in [0.29, 0.717) is 44.9 Å². The molecule has 2 aromatic rings. The second kappa shape index (κ2) is 7.88. The fourth-order valence-corrected chi connectivity index (χ4v) is 2.85. The Morgan fingerprint density at radius 3 is 2.52 bits per heavy atom. The monoisotopic (exact) mass is 341 g/mol. The number of aryl methyl sites for hydroxylation is 1. The number of amides is 1. The van der Waals surface area contributed by atoms with Gasteiger partial charge in [-0.15, -0.1) is 0 Å². The van der Waals surface area contributed by atoms with Gasteiger partial charge in [0.25, 0.3) is 0 Å². The number of aromatic hydroxyl groups is 1. The average Bonchev–Trinajstić information content (AvgIpc) is 2.67. The lowest BCUT2D eigenvalue weighted by molar-refractivity contribution is 0.0941. The summed E-state index contributed by atoms with van der Waals surface area (Å²) in [4.78, 5) is 20.5. The molecule has 0 saturated carbocycles. The van der Waals surface area contributed by atoms with Gasteiger partial charge in [0.1, 0.15) is 18.2 Å². The molecular formula is C19H23N3O3. The maximum Gasteiger partial charge on any atom is 0.410 e. The van der Waals surface area contributed by atoms with Gasteiger partial charge in [0, 0.05) is 26.2 Å². The highest BCUT2D eigenvalue weighted by molar-refractivity contribution is 5.68. The fourth-order valence-electron chi connectivity index (χ4n) is 2.85. The van der Waals surface area contributed by atoms with Gasteiger partial charge < -0.3 is 19.6 Å². The Morgan fingerprint density at radius 1 is 1.12 bits per heavy atom. The molecule has 0 atom stereocenters. The molecule has 1 amide bonds. The number of nitrogens with zero attached hydrogens (tertiary/aromatic N) is 3. The van der Waals surface area contributed by atoms with Gasteiger partial charge in [-0.1, -0.05) is 37.3 Å². The third-order valence-electron chi connectivity index (χ3n) is 4.34. The first-order valence-corrected chi connectivity index (χ1v) is 8.57. The number of carbonyl (C=O) groups excluding carboxylic acids is 1. The molecule has 132 valence electrons. The molecule has 1 aliphatic heterocycles. The second-order valence-corrected chi connectivity index (χ2v) is 6.00. The lowest BCUT2D eigenvalue weighted by Crippen LogP contribution is -2.49. The number of rotatable bonds is 4. The molecule has 0 radical (unpaired) electrons. The highest BCUT2D eigenvalue weighted by atomic mass is 16.6. The Balaban J connectivity index is 1.52. The number of anilines is 1. The topological polar surface area (TPSA) is 65.9 Å². The lowest BCUT2D eigenvalue weighted by Gasteiger charge is -2.35. The number of piperazine rings is 1. The van der Waals surface area contributed by atoms with Crippen LogP contribution in [-0.2, 0) is 17.8 Å². The summed E-state index contributed by atoms with van der Waals surface area (Å²) in [6.45, 7) is 4.84. The van der Waals surface area contributed by atoms with Crippen LogP contribution in [0.4, 0.5) is 10.6 Å². The van der Waals surface area contributed by atoms with Crippen LogP contribution in [0.1, 0.15) is 18.2 Å². The van der Waals surface area contributed by atoms with Crippen molar-refractivity contribution in [1.82, 2.24) is 9.88 Å². The first kappa shape index (κ1) is 17.1. The minimum atomic E-state index is -0.281. The van der Waals surface area contributed by atoms with Gasteiger partial charge in [-0.2, -0.15) is 0 Å². The summed E-state index contributed by atoms with van der Waals surface area (Å²) >= 11 is 0. The van der Waals surface area contributed by atoms with Crippen LogP contribution in [0.5, 0.6) is 5.75 Å². The van der Waals surface area contributed by atoms with Crippen LogP contribution in [0.2, 0.25) is 0 Å². The van der Waals surface area contributed by atoms with Gasteiger partial charge in [-0.05, 0) is 24.1 Å². The van der Waals surface area contributed by atoms with Crippen molar-refractivity contribution in [1.29, 1.82) is 0 Å². The van der Waals surface area contributed by atoms with E-state index in [1.807, 2.05) is 43.3 Å². The molecule has 0 unspecified atom stereocenters. The zero-order chi connectivity index (χ0) is 17.6. The van der Waals surface area contributed by atoms with Crippen molar-refractivity contribution >= 4 is 11.9 Å². The van der Waals surface area contributed by atoms with Crippen molar-refractivity contribution < 1.29 is 14.6 Å². The Kier molecular flexibility index (Phi) is 5.38. The van der Waals surface area contributed by atoms with E-state index in [4.69, 9.17) is 4.74 Å². The third kappa shape index (κ3) is 4.21. The standard InChI is InChI=1S/C19H23N3O3/c1-2-16-17(23)8-9-18(20-16)21-10-12-22(13-11-21)19(24)25-14-15-6-4-3-5-7-15/h3-9,23H,2,10-14H2,1H3. The van der Waals surface area contributed by atoms with Crippen molar-refractivity contribution in [2.24, 2.45) is 0 Å². The molecule has 1 aromatic heterocycles. The first-order chi connectivity index (χ1) is 12.2. The van der Waals surface area contributed by atoms with Crippen LogP contribution in [-0.4, -0.2) is 47.3 Å². The van der Waals surface area contributed by atoms with Crippen LogP contribution < -0.4 is 4.90 Å². The summed E-state index contributed by atoms with van der Waals surface area (Å²) in [5.41, 5.74) is 1.68. The van der Waals surface area contributed by atoms with Crippen LogP contribution in [0, 0.1) is 0 Å². The zero-order valence-corrected chi connectivity index (χ0v) is 14.4. The van der Waals surface area contributed by atoms with Gasteiger partial charge in [-0.25, -0.2) is 9.78 Å². The number of hydrogen-bond acceptors (Lipinski definition) is 5. The van der Waals surface area contributed by atoms with Crippen molar-refractivity contribution in [2.45, 2.75) is 20.0 Å². The van der Waals surface area contributed by atoms with E-state index in [1.165, 1.54) is 0 Å². The average molecular weight is 341 g/mol. The van der Waals surface area contributed by atoms with E-state index >= 15 is 0 Å². The number of benzene rings is 1. The summed E-state index contributed by atoms with van der Waals surface area (Å²) in [7, 11) is 0. The predicted molar refractivity (Wildman–Crippen MR) is 95.7 cm³/mol. The SMILES string of the molecule is CCc1nc(N2CCN(C(=O)OCc3ccccc3)CC2)ccc1O. The minimum Gasteiger partial charge on any atom is -0.506 e. The molecule has 2 heterocycles. The Bertz CT molecular complexity index is 713. The molecule has 0 spiro atoms. The van der Waals surface area contributed by atoms with E-state index in [0.717, 1.165) is 11.4 Å². The number of ether oxygens (including phenoxy) is 1. The Hall–Kier alpha value is -2.76. The van der Waals surface area contributed by atoms with E-state index in [2.05, 4.69) is 9.88 Å². The highest BCUT2D eigenvalue weighted by Crippen LogP contribution is 2.21. The normalized spacial score (nSPS) is 14.4. The van der Waals surface area contributed by atoms with Crippen LogP contribution in [0.15, 0.2) is 42.5 Å². The number of carbonyl (C=O) groups is 1. The molecule has 0 aliphatic carbocycles. The molecule has 3 rings (SSSR count). The van der Waals surface area contributed by atoms with E-state index in [1.54, 1.807) is 11.0 Å². The van der Waals surface area contributed by atoms with Gasteiger partial charge in [-0.3, -0.25) is 0 Å². The molecular weight excluding hydrogens is 318 g/mol. The summed E-state index contributed by atoms with van der Waals surface area (Å²) < 4.78 is 5.38. The quantitative estimate of drug-likeness (QED) is 0.926. The minimum absolute atomic E-state index is 0.231. The molecule has 1 aliphatic rings. The van der Waals surface area contributed by atoms with Gasteiger partial charge in [0.2, 0.25) is 0 Å².